The van der Waals surface area contributed by atoms with Gasteiger partial charge in [-0.25, -0.2) is 0 Å². The van der Waals surface area contributed by atoms with E-state index in [-0.39, 0.29) is 17.7 Å². The number of thioether (sulfide) groups is 1. The summed E-state index contributed by atoms with van der Waals surface area (Å²) < 4.78 is 5.77. The molecule has 3 aromatic carbocycles. The summed E-state index contributed by atoms with van der Waals surface area (Å²) in [4.78, 5) is 26.7. The van der Waals surface area contributed by atoms with Crippen LogP contribution in [0.1, 0.15) is 16.7 Å². The predicted octanol–water partition coefficient (Wildman–Crippen LogP) is 8.12. The van der Waals surface area contributed by atoms with Crippen molar-refractivity contribution in [3.8, 4) is 5.75 Å². The van der Waals surface area contributed by atoms with E-state index in [1.807, 2.05) is 18.2 Å². The van der Waals surface area contributed by atoms with Gasteiger partial charge in [-0.05, 0) is 65.4 Å². The molecule has 4 nitrogen and oxygen atoms in total. The van der Waals surface area contributed by atoms with Crippen LogP contribution in [0.5, 0.6) is 5.75 Å². The molecule has 0 bridgehead atoms. The van der Waals surface area contributed by atoms with E-state index < -0.39 is 0 Å². The SMILES string of the molecule is O=C1S/C(=C\c2ccc(OCc3ccc(Cl)cc3Cl)cc2)C(=O)N1Cc1ccc(Cl)cc1Cl. The smallest absolute Gasteiger partial charge is 0.293 e. The number of carbonyl (C=O) groups is 2. The Kier molecular flexibility index (Phi) is 7.57. The third-order valence-corrected chi connectivity index (χ3v) is 6.89. The van der Waals surface area contributed by atoms with Crippen molar-refractivity contribution in [2.24, 2.45) is 0 Å². The molecule has 33 heavy (non-hydrogen) atoms. The molecule has 1 saturated heterocycles. The van der Waals surface area contributed by atoms with Crippen LogP contribution in [0.25, 0.3) is 6.08 Å². The van der Waals surface area contributed by atoms with E-state index in [1.54, 1.807) is 48.5 Å². The summed E-state index contributed by atoms with van der Waals surface area (Å²) in [6, 6.07) is 17.4. The number of nitrogens with zero attached hydrogens (tertiary/aromatic N) is 1. The van der Waals surface area contributed by atoms with Crippen molar-refractivity contribution in [1.29, 1.82) is 0 Å². The Morgan fingerprint density at radius 1 is 0.818 bits per heavy atom. The Balaban J connectivity index is 1.42. The fraction of sp³-hybridized carbons (Fsp3) is 0.0833. The van der Waals surface area contributed by atoms with Crippen molar-refractivity contribution in [2.75, 3.05) is 0 Å². The molecule has 2 amide bonds. The van der Waals surface area contributed by atoms with Gasteiger partial charge in [0.15, 0.2) is 0 Å². The second-order valence-electron chi connectivity index (χ2n) is 7.10. The second kappa shape index (κ2) is 10.4. The van der Waals surface area contributed by atoms with Crippen LogP contribution in [0.15, 0.2) is 65.6 Å². The first-order chi connectivity index (χ1) is 15.8. The zero-order valence-corrected chi connectivity index (χ0v) is 20.7. The minimum absolute atomic E-state index is 0.0814. The number of carbonyl (C=O) groups excluding carboxylic acids is 2. The molecule has 0 N–H and O–H groups in total. The molecule has 0 atom stereocenters. The fourth-order valence-corrected chi connectivity index (χ4v) is 4.84. The second-order valence-corrected chi connectivity index (χ2v) is 9.78. The number of amides is 2. The van der Waals surface area contributed by atoms with Gasteiger partial charge in [0.05, 0.1) is 11.4 Å². The first-order valence-corrected chi connectivity index (χ1v) is 12.0. The molecule has 4 rings (SSSR count). The van der Waals surface area contributed by atoms with E-state index in [0.29, 0.717) is 42.9 Å². The fourth-order valence-electron chi connectivity index (χ4n) is 3.07. The van der Waals surface area contributed by atoms with Gasteiger partial charge in [0.2, 0.25) is 0 Å². The van der Waals surface area contributed by atoms with Crippen molar-refractivity contribution in [3.05, 3.63) is 102 Å². The molecule has 1 aliphatic rings. The van der Waals surface area contributed by atoms with Crippen molar-refractivity contribution >= 4 is 75.4 Å². The maximum Gasteiger partial charge on any atom is 0.293 e. The summed E-state index contributed by atoms with van der Waals surface area (Å²) >= 11 is 25.1. The highest BCUT2D eigenvalue weighted by atomic mass is 35.5. The van der Waals surface area contributed by atoms with Crippen LogP contribution >= 0.6 is 58.2 Å². The molecule has 1 aliphatic heterocycles. The number of ether oxygens (including phenoxy) is 1. The first kappa shape index (κ1) is 24.0. The lowest BCUT2D eigenvalue weighted by Gasteiger charge is -2.13. The molecule has 0 aromatic heterocycles. The Bertz CT molecular complexity index is 1260. The maximum atomic E-state index is 12.8. The lowest BCUT2D eigenvalue weighted by molar-refractivity contribution is -0.123. The molecule has 168 valence electrons. The quantitative estimate of drug-likeness (QED) is 0.297. The van der Waals surface area contributed by atoms with Crippen molar-refractivity contribution in [2.45, 2.75) is 13.2 Å². The van der Waals surface area contributed by atoms with E-state index in [4.69, 9.17) is 51.1 Å². The Morgan fingerprint density at radius 3 is 2.03 bits per heavy atom. The zero-order chi connectivity index (χ0) is 23.5. The largest absolute Gasteiger partial charge is 0.489 e. The van der Waals surface area contributed by atoms with E-state index in [9.17, 15) is 9.59 Å². The van der Waals surface area contributed by atoms with Crippen LogP contribution in [0, 0.1) is 0 Å². The monoisotopic (exact) mass is 537 g/mol. The van der Waals surface area contributed by atoms with Crippen LogP contribution in [0.4, 0.5) is 4.79 Å². The van der Waals surface area contributed by atoms with E-state index >= 15 is 0 Å². The molecule has 0 radical (unpaired) electrons. The van der Waals surface area contributed by atoms with Gasteiger partial charge < -0.3 is 4.74 Å². The Labute approximate surface area is 215 Å². The zero-order valence-electron chi connectivity index (χ0n) is 16.9. The summed E-state index contributed by atoms with van der Waals surface area (Å²) in [5.41, 5.74) is 2.23. The molecule has 9 heteroatoms. The van der Waals surface area contributed by atoms with Gasteiger partial charge in [-0.1, -0.05) is 70.7 Å². The van der Waals surface area contributed by atoms with E-state index in [1.165, 1.54) is 4.90 Å². The number of rotatable bonds is 6. The van der Waals surface area contributed by atoms with Gasteiger partial charge in [0.1, 0.15) is 12.4 Å². The van der Waals surface area contributed by atoms with Crippen LogP contribution in [0.3, 0.4) is 0 Å². The summed E-state index contributed by atoms with van der Waals surface area (Å²) in [6.45, 7) is 0.375. The van der Waals surface area contributed by atoms with Crippen LogP contribution in [0.2, 0.25) is 20.1 Å². The molecular formula is C24H15Cl4NO3S. The highest BCUT2D eigenvalue weighted by Gasteiger charge is 2.35. The minimum atomic E-state index is -0.367. The third kappa shape index (κ3) is 5.86. The van der Waals surface area contributed by atoms with Gasteiger partial charge in [-0.2, -0.15) is 0 Å². The van der Waals surface area contributed by atoms with Crippen LogP contribution in [-0.4, -0.2) is 16.0 Å². The molecular weight excluding hydrogens is 524 g/mol. The molecule has 3 aromatic rings. The maximum absolute atomic E-state index is 12.8. The summed E-state index contributed by atoms with van der Waals surface area (Å²) in [6.07, 6.45) is 1.67. The lowest BCUT2D eigenvalue weighted by atomic mass is 10.2. The van der Waals surface area contributed by atoms with E-state index in [0.717, 1.165) is 22.9 Å². The minimum Gasteiger partial charge on any atom is -0.489 e. The standard InChI is InChI=1S/C24H15Cl4NO3S/c25-17-5-3-15(20(27)10-17)12-29-23(30)22(33-24(29)31)9-14-1-7-19(8-2-14)32-13-16-4-6-18(26)11-21(16)28/h1-11H,12-13H2/b22-9-. The van der Waals surface area contributed by atoms with Crippen molar-refractivity contribution in [3.63, 3.8) is 0 Å². The van der Waals surface area contributed by atoms with Gasteiger partial charge >= 0.3 is 0 Å². The van der Waals surface area contributed by atoms with Crippen molar-refractivity contribution < 1.29 is 14.3 Å². The number of halogens is 4. The molecule has 0 saturated carbocycles. The summed E-state index contributed by atoms with van der Waals surface area (Å²) in [7, 11) is 0. The lowest BCUT2D eigenvalue weighted by Crippen LogP contribution is -2.27. The van der Waals surface area contributed by atoms with Gasteiger partial charge in [-0.3, -0.25) is 14.5 Å². The predicted molar refractivity (Wildman–Crippen MR) is 135 cm³/mol. The Hall–Kier alpha value is -2.15. The van der Waals surface area contributed by atoms with Crippen molar-refractivity contribution in [1.82, 2.24) is 4.90 Å². The topological polar surface area (TPSA) is 46.6 Å². The number of imide groups is 1. The molecule has 0 unspecified atom stereocenters. The first-order valence-electron chi connectivity index (χ1n) is 9.66. The van der Waals surface area contributed by atoms with Gasteiger partial charge in [0, 0.05) is 25.7 Å². The molecule has 1 fully saturated rings. The highest BCUT2D eigenvalue weighted by Crippen LogP contribution is 2.34. The summed E-state index contributed by atoms with van der Waals surface area (Å²) in [5, 5.41) is 1.64. The van der Waals surface area contributed by atoms with E-state index in [2.05, 4.69) is 0 Å². The average Bonchev–Trinajstić information content (AvgIpc) is 3.03. The number of hydrogen-bond donors (Lipinski definition) is 0. The Morgan fingerprint density at radius 2 is 1.42 bits per heavy atom. The van der Waals surface area contributed by atoms with Crippen LogP contribution < -0.4 is 4.74 Å². The van der Waals surface area contributed by atoms with Crippen LogP contribution in [-0.2, 0) is 17.9 Å². The molecule has 0 aliphatic carbocycles. The summed E-state index contributed by atoms with van der Waals surface area (Å²) in [5.74, 6) is 0.275. The third-order valence-electron chi connectivity index (χ3n) is 4.80. The number of benzene rings is 3. The normalized spacial score (nSPS) is 14.9. The average molecular weight is 539 g/mol. The van der Waals surface area contributed by atoms with Gasteiger partial charge in [-0.15, -0.1) is 0 Å². The van der Waals surface area contributed by atoms with Gasteiger partial charge in [0.25, 0.3) is 11.1 Å². The highest BCUT2D eigenvalue weighted by molar-refractivity contribution is 8.18. The molecule has 1 heterocycles. The number of hydrogen-bond acceptors (Lipinski definition) is 4. The molecule has 0 spiro atoms.